The maximum atomic E-state index is 13.4. The molecular weight excluding hydrogens is 490 g/mol. The molecule has 1 aliphatic rings. The SMILES string of the molecule is COc1cccc(C(=O)N2CCN(CCN(CC=Cc3ccccc3OC)C(=O)c3ccc(C)cc3)CC2)c1. The van der Waals surface area contributed by atoms with Gasteiger partial charge in [-0.25, -0.2) is 0 Å². The highest BCUT2D eigenvalue weighted by atomic mass is 16.5. The summed E-state index contributed by atoms with van der Waals surface area (Å²) in [6, 6.07) is 22.8. The number of hydrogen-bond donors (Lipinski definition) is 0. The minimum absolute atomic E-state index is 0.00603. The second-order valence-corrected chi connectivity index (χ2v) is 9.63. The van der Waals surface area contributed by atoms with Crippen molar-refractivity contribution in [1.82, 2.24) is 14.7 Å². The van der Waals surface area contributed by atoms with Gasteiger partial charge in [-0.2, -0.15) is 0 Å². The highest BCUT2D eigenvalue weighted by Crippen LogP contribution is 2.19. The first-order valence-corrected chi connectivity index (χ1v) is 13.3. The molecule has 204 valence electrons. The van der Waals surface area contributed by atoms with Crippen LogP contribution in [0, 0.1) is 6.92 Å². The molecule has 0 spiro atoms. The molecule has 0 N–H and O–H groups in total. The predicted octanol–water partition coefficient (Wildman–Crippen LogP) is 4.63. The van der Waals surface area contributed by atoms with Crippen LogP contribution in [0.2, 0.25) is 0 Å². The number of benzene rings is 3. The van der Waals surface area contributed by atoms with E-state index in [1.807, 2.05) is 95.6 Å². The normalized spacial score (nSPS) is 13.9. The van der Waals surface area contributed by atoms with Crippen molar-refractivity contribution >= 4 is 17.9 Å². The number of nitrogens with zero attached hydrogens (tertiary/aromatic N) is 3. The van der Waals surface area contributed by atoms with Crippen LogP contribution in [0.25, 0.3) is 6.08 Å². The Bertz CT molecular complexity index is 1280. The number of ether oxygens (including phenoxy) is 2. The van der Waals surface area contributed by atoms with Crippen molar-refractivity contribution in [1.29, 1.82) is 0 Å². The van der Waals surface area contributed by atoms with Crippen molar-refractivity contribution in [3.05, 3.63) is 101 Å². The Kier molecular flexibility index (Phi) is 9.75. The van der Waals surface area contributed by atoms with Gasteiger partial charge < -0.3 is 19.3 Å². The lowest BCUT2D eigenvalue weighted by Crippen LogP contribution is -2.50. The van der Waals surface area contributed by atoms with Crippen molar-refractivity contribution < 1.29 is 19.1 Å². The Morgan fingerprint density at radius 2 is 1.62 bits per heavy atom. The van der Waals surface area contributed by atoms with Crippen LogP contribution in [0.3, 0.4) is 0 Å². The van der Waals surface area contributed by atoms with E-state index in [1.165, 1.54) is 0 Å². The lowest BCUT2D eigenvalue weighted by atomic mass is 10.1. The largest absolute Gasteiger partial charge is 0.497 e. The van der Waals surface area contributed by atoms with Crippen LogP contribution < -0.4 is 9.47 Å². The van der Waals surface area contributed by atoms with E-state index in [1.54, 1.807) is 20.3 Å². The second-order valence-electron chi connectivity index (χ2n) is 9.63. The first-order chi connectivity index (χ1) is 19.0. The fourth-order valence-electron chi connectivity index (χ4n) is 4.64. The highest BCUT2D eigenvalue weighted by molar-refractivity contribution is 5.95. The van der Waals surface area contributed by atoms with Crippen LogP contribution in [-0.2, 0) is 0 Å². The molecule has 0 bridgehead atoms. The zero-order valence-electron chi connectivity index (χ0n) is 23.0. The van der Waals surface area contributed by atoms with Gasteiger partial charge in [-0.1, -0.05) is 54.1 Å². The zero-order chi connectivity index (χ0) is 27.6. The summed E-state index contributed by atoms with van der Waals surface area (Å²) in [6.07, 6.45) is 4.01. The number of hydrogen-bond acceptors (Lipinski definition) is 5. The third kappa shape index (κ3) is 7.48. The fourth-order valence-corrected chi connectivity index (χ4v) is 4.64. The van der Waals surface area contributed by atoms with Gasteiger partial charge in [0.15, 0.2) is 0 Å². The van der Waals surface area contributed by atoms with Crippen molar-refractivity contribution in [2.75, 3.05) is 60.0 Å². The summed E-state index contributed by atoms with van der Waals surface area (Å²) in [5.74, 6) is 1.50. The van der Waals surface area contributed by atoms with Crippen molar-refractivity contribution in [2.45, 2.75) is 6.92 Å². The summed E-state index contributed by atoms with van der Waals surface area (Å²) in [6.45, 7) is 6.65. The highest BCUT2D eigenvalue weighted by Gasteiger charge is 2.23. The van der Waals surface area contributed by atoms with Crippen LogP contribution in [0.15, 0.2) is 78.9 Å². The lowest BCUT2D eigenvalue weighted by Gasteiger charge is -2.36. The van der Waals surface area contributed by atoms with E-state index >= 15 is 0 Å². The van der Waals surface area contributed by atoms with Gasteiger partial charge in [0.1, 0.15) is 11.5 Å². The molecule has 0 unspecified atom stereocenters. The van der Waals surface area contributed by atoms with Gasteiger partial charge in [0, 0.05) is 62.5 Å². The maximum absolute atomic E-state index is 13.4. The van der Waals surface area contributed by atoms with Gasteiger partial charge in [-0.05, 0) is 43.3 Å². The first-order valence-electron chi connectivity index (χ1n) is 13.3. The monoisotopic (exact) mass is 527 g/mol. The molecule has 3 aromatic rings. The predicted molar refractivity (Wildman–Crippen MR) is 154 cm³/mol. The Balaban J connectivity index is 1.37. The van der Waals surface area contributed by atoms with E-state index in [4.69, 9.17) is 9.47 Å². The second kappa shape index (κ2) is 13.6. The summed E-state index contributed by atoms with van der Waals surface area (Å²) < 4.78 is 10.7. The van der Waals surface area contributed by atoms with Gasteiger partial charge in [0.25, 0.3) is 11.8 Å². The smallest absolute Gasteiger partial charge is 0.254 e. The molecule has 1 fully saturated rings. The molecule has 0 saturated carbocycles. The molecule has 39 heavy (non-hydrogen) atoms. The van der Waals surface area contributed by atoms with Crippen molar-refractivity contribution in [3.8, 4) is 11.5 Å². The van der Waals surface area contributed by atoms with Gasteiger partial charge in [-0.15, -0.1) is 0 Å². The minimum atomic E-state index is 0.00603. The number of carbonyl (C=O) groups excluding carboxylic acids is 2. The summed E-state index contributed by atoms with van der Waals surface area (Å²) in [7, 11) is 3.26. The van der Waals surface area contributed by atoms with Crippen LogP contribution >= 0.6 is 0 Å². The standard InChI is InChI=1S/C32H37N3O4/c1-25-13-15-27(16-14-25)31(36)34(17-7-10-26-8-4-5-12-30(26)39-3)21-18-33-19-22-35(23-20-33)32(37)28-9-6-11-29(24-28)38-2/h4-16,24H,17-23H2,1-3H3. The van der Waals surface area contributed by atoms with Gasteiger partial charge in [0.2, 0.25) is 0 Å². The van der Waals surface area contributed by atoms with Gasteiger partial charge in [0.05, 0.1) is 14.2 Å². The molecule has 2 amide bonds. The van der Waals surface area contributed by atoms with E-state index in [-0.39, 0.29) is 11.8 Å². The number of methoxy groups -OCH3 is 2. The average molecular weight is 528 g/mol. The summed E-state index contributed by atoms with van der Waals surface area (Å²) in [5.41, 5.74) is 3.41. The van der Waals surface area contributed by atoms with Crippen LogP contribution in [0.4, 0.5) is 0 Å². The third-order valence-corrected chi connectivity index (χ3v) is 7.01. The maximum Gasteiger partial charge on any atom is 0.254 e. The number of amides is 2. The molecular formula is C32H37N3O4. The molecule has 0 radical (unpaired) electrons. The Morgan fingerprint density at radius 3 is 2.33 bits per heavy atom. The van der Waals surface area contributed by atoms with E-state index in [2.05, 4.69) is 4.90 Å². The Hall–Kier alpha value is -4.10. The molecule has 1 saturated heterocycles. The van der Waals surface area contributed by atoms with Crippen LogP contribution in [0.1, 0.15) is 31.8 Å². The number of para-hydroxylation sites is 1. The van der Waals surface area contributed by atoms with Crippen molar-refractivity contribution in [2.24, 2.45) is 0 Å². The molecule has 0 atom stereocenters. The molecule has 1 heterocycles. The number of carbonyl (C=O) groups is 2. The fraction of sp³-hybridized carbons (Fsp3) is 0.312. The summed E-state index contributed by atoms with van der Waals surface area (Å²) in [4.78, 5) is 32.5. The minimum Gasteiger partial charge on any atom is -0.497 e. The molecule has 0 aromatic heterocycles. The Morgan fingerprint density at radius 1 is 0.872 bits per heavy atom. The quantitative estimate of drug-likeness (QED) is 0.385. The molecule has 7 heteroatoms. The number of piperazine rings is 1. The van der Waals surface area contributed by atoms with Crippen LogP contribution in [0.5, 0.6) is 11.5 Å². The average Bonchev–Trinajstić information content (AvgIpc) is 2.99. The van der Waals surface area contributed by atoms with Gasteiger partial charge >= 0.3 is 0 Å². The van der Waals surface area contributed by atoms with E-state index in [0.717, 1.165) is 36.5 Å². The van der Waals surface area contributed by atoms with E-state index in [0.29, 0.717) is 43.1 Å². The summed E-state index contributed by atoms with van der Waals surface area (Å²) >= 11 is 0. The molecule has 7 nitrogen and oxygen atoms in total. The molecule has 0 aliphatic carbocycles. The zero-order valence-corrected chi connectivity index (χ0v) is 23.0. The molecule has 1 aliphatic heterocycles. The van der Waals surface area contributed by atoms with Crippen molar-refractivity contribution in [3.63, 3.8) is 0 Å². The lowest BCUT2D eigenvalue weighted by molar-refractivity contribution is 0.0609. The van der Waals surface area contributed by atoms with E-state index in [9.17, 15) is 9.59 Å². The molecule has 3 aromatic carbocycles. The van der Waals surface area contributed by atoms with Crippen LogP contribution in [-0.4, -0.2) is 86.5 Å². The number of rotatable bonds is 10. The summed E-state index contributed by atoms with van der Waals surface area (Å²) in [5, 5.41) is 0. The van der Waals surface area contributed by atoms with Gasteiger partial charge in [-0.3, -0.25) is 14.5 Å². The Labute approximate surface area is 231 Å². The molecule has 4 rings (SSSR count). The van der Waals surface area contributed by atoms with E-state index < -0.39 is 0 Å². The third-order valence-electron chi connectivity index (χ3n) is 7.01. The first kappa shape index (κ1) is 27.9. The number of aryl methyl sites for hydroxylation is 1. The topological polar surface area (TPSA) is 62.3 Å².